The van der Waals surface area contributed by atoms with E-state index in [0.717, 1.165) is 17.4 Å². The van der Waals surface area contributed by atoms with Crippen molar-refractivity contribution in [2.45, 2.75) is 110 Å². The number of hydrogen-bond donors (Lipinski definition) is 1. The van der Waals surface area contributed by atoms with Gasteiger partial charge in [0, 0.05) is 6.42 Å². The predicted molar refractivity (Wildman–Crippen MR) is 110 cm³/mol. The fraction of sp³-hybridized carbons (Fsp3) is 1.00. The van der Waals surface area contributed by atoms with Gasteiger partial charge in [0.05, 0.1) is 27.2 Å². The minimum Gasteiger partial charge on any atom is -1.00 e. The quantitative estimate of drug-likeness (QED) is 0.271. The van der Waals surface area contributed by atoms with Crippen molar-refractivity contribution >= 4 is 0 Å². The normalized spacial score (nSPS) is 11.5. The van der Waals surface area contributed by atoms with Crippen LogP contribution in [-0.2, 0) is 0 Å². The van der Waals surface area contributed by atoms with E-state index in [1.54, 1.807) is 0 Å². The molecule has 0 aliphatic carbocycles. The van der Waals surface area contributed by atoms with Crippen molar-refractivity contribution in [2.24, 2.45) is 5.73 Å². The summed E-state index contributed by atoms with van der Waals surface area (Å²) in [4.78, 5) is 0. The van der Waals surface area contributed by atoms with Crippen molar-refractivity contribution in [3.63, 3.8) is 0 Å². The number of hydrogen-bond acceptors (Lipinski definition) is 1. The number of unbranched alkanes of at least 4 members (excludes halogenated alkanes) is 14. The summed E-state index contributed by atoms with van der Waals surface area (Å²) in [7, 11) is 4.69. The van der Waals surface area contributed by atoms with Gasteiger partial charge in [0.2, 0.25) is 0 Å². The third-order valence-corrected chi connectivity index (χ3v) is 5.33. The Morgan fingerprint density at radius 3 is 1.20 bits per heavy atom. The molecule has 3 heteroatoms. The van der Waals surface area contributed by atoms with Crippen molar-refractivity contribution in [1.29, 1.82) is 0 Å². The Labute approximate surface area is 166 Å². The topological polar surface area (TPSA) is 26.0 Å². The van der Waals surface area contributed by atoms with E-state index in [4.69, 9.17) is 5.73 Å². The van der Waals surface area contributed by atoms with E-state index in [2.05, 4.69) is 21.0 Å². The molecule has 0 spiro atoms. The van der Waals surface area contributed by atoms with Crippen molar-refractivity contribution in [3.8, 4) is 0 Å². The average Bonchev–Trinajstić information content (AvgIpc) is 2.56. The van der Waals surface area contributed by atoms with Gasteiger partial charge in [-0.2, -0.15) is 0 Å². The molecule has 0 bridgehead atoms. The molecule has 0 radical (unpaired) electrons. The summed E-state index contributed by atoms with van der Waals surface area (Å²) >= 11 is 0. The van der Waals surface area contributed by atoms with Gasteiger partial charge >= 0.3 is 0 Å². The Morgan fingerprint density at radius 2 is 0.840 bits per heavy atom. The molecule has 0 atom stereocenters. The SMILES string of the molecule is CCCCCCCCCCCCCCCCC[N+](C)(C)CCCN.[Cl-]. The molecule has 0 aromatic carbocycles. The van der Waals surface area contributed by atoms with Gasteiger partial charge in [-0.3, -0.25) is 0 Å². The average molecular weight is 377 g/mol. The van der Waals surface area contributed by atoms with Crippen molar-refractivity contribution in [1.82, 2.24) is 0 Å². The molecule has 0 unspecified atom stereocenters. The van der Waals surface area contributed by atoms with E-state index < -0.39 is 0 Å². The van der Waals surface area contributed by atoms with E-state index in [1.165, 1.54) is 109 Å². The van der Waals surface area contributed by atoms with Crippen LogP contribution in [0.3, 0.4) is 0 Å². The summed E-state index contributed by atoms with van der Waals surface area (Å²) in [6.45, 7) is 5.68. The fourth-order valence-electron chi connectivity index (χ4n) is 3.54. The Morgan fingerprint density at radius 1 is 0.520 bits per heavy atom. The monoisotopic (exact) mass is 376 g/mol. The second-order valence-electron chi connectivity index (χ2n) is 8.47. The maximum absolute atomic E-state index is 5.61. The van der Waals surface area contributed by atoms with Gasteiger partial charge in [0.25, 0.3) is 0 Å². The first-order valence-corrected chi connectivity index (χ1v) is 11.1. The van der Waals surface area contributed by atoms with Gasteiger partial charge in [0.15, 0.2) is 0 Å². The lowest BCUT2D eigenvalue weighted by molar-refractivity contribution is -0.890. The summed E-state index contributed by atoms with van der Waals surface area (Å²) < 4.78 is 1.15. The van der Waals surface area contributed by atoms with Crippen LogP contribution in [0.4, 0.5) is 0 Å². The smallest absolute Gasteiger partial charge is 0.0794 e. The van der Waals surface area contributed by atoms with Crippen molar-refractivity contribution in [2.75, 3.05) is 33.7 Å². The first-order valence-electron chi connectivity index (χ1n) is 11.1. The molecular weight excluding hydrogens is 328 g/mol. The van der Waals surface area contributed by atoms with Crippen LogP contribution in [0.15, 0.2) is 0 Å². The van der Waals surface area contributed by atoms with Gasteiger partial charge in [-0.1, -0.05) is 90.4 Å². The summed E-state index contributed by atoms with van der Waals surface area (Å²) in [5, 5.41) is 0. The molecule has 2 nitrogen and oxygen atoms in total. The number of halogens is 1. The molecular formula is C22H49ClN2. The summed E-state index contributed by atoms with van der Waals surface area (Å²) in [5.74, 6) is 0. The van der Waals surface area contributed by atoms with Crippen LogP contribution < -0.4 is 18.1 Å². The van der Waals surface area contributed by atoms with E-state index in [-0.39, 0.29) is 12.4 Å². The lowest BCUT2D eigenvalue weighted by Crippen LogP contribution is -3.00. The predicted octanol–water partition coefficient (Wildman–Crippen LogP) is 3.29. The summed E-state index contributed by atoms with van der Waals surface area (Å²) in [5.41, 5.74) is 5.61. The Hall–Kier alpha value is 0.210. The highest BCUT2D eigenvalue weighted by Gasteiger charge is 2.12. The van der Waals surface area contributed by atoms with Crippen LogP contribution in [0.2, 0.25) is 0 Å². The van der Waals surface area contributed by atoms with Gasteiger partial charge < -0.3 is 22.6 Å². The number of rotatable bonds is 19. The third-order valence-electron chi connectivity index (χ3n) is 5.33. The maximum Gasteiger partial charge on any atom is 0.0794 e. The van der Waals surface area contributed by atoms with Crippen LogP contribution in [0.25, 0.3) is 0 Å². The molecule has 0 aliphatic rings. The zero-order valence-corrected chi connectivity index (χ0v) is 18.6. The Balaban J connectivity index is 0. The molecule has 154 valence electrons. The molecule has 0 aromatic rings. The second-order valence-corrected chi connectivity index (χ2v) is 8.47. The van der Waals surface area contributed by atoms with Crippen LogP contribution in [0.1, 0.15) is 110 Å². The minimum atomic E-state index is 0. The molecule has 0 aliphatic heterocycles. The Kier molecular flexibility index (Phi) is 22.5. The highest BCUT2D eigenvalue weighted by molar-refractivity contribution is 4.50. The molecule has 0 rings (SSSR count). The molecule has 0 fully saturated rings. The second kappa shape index (κ2) is 20.5. The highest BCUT2D eigenvalue weighted by atomic mass is 35.5. The van der Waals surface area contributed by atoms with Crippen LogP contribution >= 0.6 is 0 Å². The first kappa shape index (κ1) is 27.4. The van der Waals surface area contributed by atoms with Crippen LogP contribution in [-0.4, -0.2) is 38.2 Å². The maximum atomic E-state index is 5.61. The largest absolute Gasteiger partial charge is 1.00 e. The Bertz CT molecular complexity index is 244. The van der Waals surface area contributed by atoms with Gasteiger partial charge in [0.1, 0.15) is 0 Å². The lowest BCUT2D eigenvalue weighted by atomic mass is 10.0. The molecule has 25 heavy (non-hydrogen) atoms. The van der Waals surface area contributed by atoms with Crippen LogP contribution in [0.5, 0.6) is 0 Å². The molecule has 0 aromatic heterocycles. The number of nitrogens with two attached hydrogens (primary N) is 1. The van der Waals surface area contributed by atoms with Gasteiger partial charge in [-0.05, 0) is 19.4 Å². The zero-order valence-electron chi connectivity index (χ0n) is 17.8. The highest BCUT2D eigenvalue weighted by Crippen LogP contribution is 2.13. The van der Waals surface area contributed by atoms with Crippen molar-refractivity contribution in [3.05, 3.63) is 0 Å². The van der Waals surface area contributed by atoms with E-state index in [9.17, 15) is 0 Å². The molecule has 0 saturated heterocycles. The molecule has 0 saturated carbocycles. The van der Waals surface area contributed by atoms with E-state index in [1.807, 2.05) is 0 Å². The summed E-state index contributed by atoms with van der Waals surface area (Å²) in [6.07, 6.45) is 22.9. The number of quaternary nitrogens is 1. The standard InChI is InChI=1S/C22H49N2.ClH/c1-4-5-6-7-8-9-10-11-12-13-14-15-16-17-18-21-24(2,3)22-19-20-23;/h4-23H2,1-3H3;1H/q+1;/p-1. The lowest BCUT2D eigenvalue weighted by Gasteiger charge is -2.29. The molecule has 0 heterocycles. The van der Waals surface area contributed by atoms with Crippen LogP contribution in [0, 0.1) is 0 Å². The van der Waals surface area contributed by atoms with E-state index >= 15 is 0 Å². The van der Waals surface area contributed by atoms with E-state index in [0.29, 0.717) is 0 Å². The minimum absolute atomic E-state index is 0. The fourth-order valence-corrected chi connectivity index (χ4v) is 3.54. The third kappa shape index (κ3) is 22.2. The number of nitrogens with zero attached hydrogens (tertiary/aromatic N) is 1. The molecule has 0 amide bonds. The zero-order chi connectivity index (χ0) is 17.9. The molecule has 2 N–H and O–H groups in total. The summed E-state index contributed by atoms with van der Waals surface area (Å²) in [6, 6.07) is 0. The van der Waals surface area contributed by atoms with Gasteiger partial charge in [-0.15, -0.1) is 0 Å². The first-order chi connectivity index (χ1) is 11.6. The van der Waals surface area contributed by atoms with Crippen molar-refractivity contribution < 1.29 is 16.9 Å². The van der Waals surface area contributed by atoms with Gasteiger partial charge in [-0.25, -0.2) is 0 Å².